The molecule has 0 unspecified atom stereocenters. The quantitative estimate of drug-likeness (QED) is 0.592. The Morgan fingerprint density at radius 3 is 2.19 bits per heavy atom. The van der Waals surface area contributed by atoms with Crippen LogP contribution in [0, 0.1) is 0 Å². The van der Waals surface area contributed by atoms with Gasteiger partial charge in [0.1, 0.15) is 5.75 Å². The molecule has 0 atom stereocenters. The van der Waals surface area contributed by atoms with Crippen molar-refractivity contribution >= 4 is 27.5 Å². The van der Waals surface area contributed by atoms with Crippen molar-refractivity contribution in [2.45, 2.75) is 25.2 Å². The highest BCUT2D eigenvalue weighted by Gasteiger charge is 2.15. The van der Waals surface area contributed by atoms with Crippen molar-refractivity contribution < 1.29 is 22.7 Å². The van der Waals surface area contributed by atoms with E-state index < -0.39 is 15.9 Å². The Morgan fingerprint density at radius 2 is 1.63 bits per heavy atom. The van der Waals surface area contributed by atoms with E-state index in [0.717, 1.165) is 12.0 Å². The molecule has 2 aromatic carbocycles. The van der Waals surface area contributed by atoms with Gasteiger partial charge in [0.05, 0.1) is 4.90 Å². The summed E-state index contributed by atoms with van der Waals surface area (Å²) in [7, 11) is -3.94. The number of ether oxygens (including phenoxy) is 1. The highest BCUT2D eigenvalue weighted by molar-refractivity contribution is 7.89. The van der Waals surface area contributed by atoms with Crippen LogP contribution in [0.4, 0.5) is 5.69 Å². The Labute approximate surface area is 157 Å². The number of hydrazine groups is 1. The fraction of sp³-hybridized carbons (Fsp3) is 0.222. The lowest BCUT2D eigenvalue weighted by Gasteiger charge is -2.10. The van der Waals surface area contributed by atoms with E-state index in [9.17, 15) is 18.0 Å². The van der Waals surface area contributed by atoms with E-state index in [0.29, 0.717) is 11.4 Å². The van der Waals surface area contributed by atoms with Crippen molar-refractivity contribution in [3.63, 3.8) is 0 Å². The van der Waals surface area contributed by atoms with Crippen molar-refractivity contribution in [1.29, 1.82) is 0 Å². The molecular weight excluding hydrogens is 370 g/mol. The van der Waals surface area contributed by atoms with Gasteiger partial charge in [-0.1, -0.05) is 19.1 Å². The minimum absolute atomic E-state index is 0.0621. The fourth-order valence-electron chi connectivity index (χ4n) is 2.11. The number of hydrogen-bond acceptors (Lipinski definition) is 5. The third-order valence-corrected chi connectivity index (χ3v) is 4.77. The number of benzene rings is 2. The van der Waals surface area contributed by atoms with Gasteiger partial charge in [-0.2, -0.15) is 0 Å². The summed E-state index contributed by atoms with van der Waals surface area (Å²) in [6, 6.07) is 12.8. The van der Waals surface area contributed by atoms with Gasteiger partial charge in [-0.3, -0.25) is 15.0 Å². The average molecular weight is 391 g/mol. The Hall–Kier alpha value is -2.91. The molecule has 0 aliphatic heterocycles. The second-order valence-electron chi connectivity index (χ2n) is 5.65. The molecule has 27 heavy (non-hydrogen) atoms. The predicted octanol–water partition coefficient (Wildman–Crippen LogP) is 1.60. The summed E-state index contributed by atoms with van der Waals surface area (Å²) in [4.78, 5) is 24.7. The van der Waals surface area contributed by atoms with E-state index >= 15 is 0 Å². The van der Waals surface area contributed by atoms with Gasteiger partial charge in [0.2, 0.25) is 5.91 Å². The molecular formula is C18H21N3O5S. The first-order valence-electron chi connectivity index (χ1n) is 8.20. The number of rotatable bonds is 8. The van der Waals surface area contributed by atoms with Crippen LogP contribution in [0.25, 0.3) is 0 Å². The van der Waals surface area contributed by atoms with Crippen LogP contribution in [0.5, 0.6) is 5.75 Å². The first-order chi connectivity index (χ1) is 12.8. The SMILES string of the molecule is CCc1ccc(OCC(=O)NNS(=O)(=O)c2ccc(NC(C)=O)cc2)cc1. The van der Waals surface area contributed by atoms with Gasteiger partial charge in [-0.25, -0.2) is 8.42 Å². The number of hydrogen-bond donors (Lipinski definition) is 3. The van der Waals surface area contributed by atoms with Crippen LogP contribution in [0.2, 0.25) is 0 Å². The van der Waals surface area contributed by atoms with Crippen LogP contribution in [0.3, 0.4) is 0 Å². The van der Waals surface area contributed by atoms with Gasteiger partial charge in [0, 0.05) is 12.6 Å². The second-order valence-corrected chi connectivity index (χ2v) is 7.33. The number of anilines is 1. The molecule has 2 rings (SSSR count). The number of amides is 2. The molecule has 0 aliphatic rings. The maximum atomic E-state index is 12.2. The van der Waals surface area contributed by atoms with Gasteiger partial charge in [-0.05, 0) is 48.4 Å². The topological polar surface area (TPSA) is 114 Å². The number of carbonyl (C=O) groups excluding carboxylic acids is 2. The summed E-state index contributed by atoms with van der Waals surface area (Å²) in [5.74, 6) is -0.396. The molecule has 2 amide bonds. The summed E-state index contributed by atoms with van der Waals surface area (Å²) < 4.78 is 29.6. The molecule has 2 aromatic rings. The van der Waals surface area contributed by atoms with Gasteiger partial charge in [0.25, 0.3) is 15.9 Å². The Morgan fingerprint density at radius 1 is 1.00 bits per heavy atom. The normalized spacial score (nSPS) is 10.9. The molecule has 0 bridgehead atoms. The van der Waals surface area contributed by atoms with Gasteiger partial charge >= 0.3 is 0 Å². The number of aryl methyl sites for hydroxylation is 1. The van der Waals surface area contributed by atoms with Crippen LogP contribution in [-0.4, -0.2) is 26.8 Å². The molecule has 9 heteroatoms. The van der Waals surface area contributed by atoms with E-state index in [1.807, 2.05) is 23.9 Å². The highest BCUT2D eigenvalue weighted by Crippen LogP contribution is 2.14. The second kappa shape index (κ2) is 9.15. The summed E-state index contributed by atoms with van der Waals surface area (Å²) in [5, 5.41) is 2.53. The number of nitrogens with one attached hydrogen (secondary N) is 3. The molecule has 0 saturated carbocycles. The van der Waals surface area contributed by atoms with Crippen LogP contribution < -0.4 is 20.3 Å². The van der Waals surface area contributed by atoms with Crippen molar-refractivity contribution in [3.8, 4) is 5.75 Å². The van der Waals surface area contributed by atoms with Crippen molar-refractivity contribution in [2.24, 2.45) is 0 Å². The molecule has 144 valence electrons. The predicted molar refractivity (Wildman–Crippen MR) is 101 cm³/mol. The average Bonchev–Trinajstić information content (AvgIpc) is 2.65. The Bertz CT molecular complexity index is 894. The largest absolute Gasteiger partial charge is 0.484 e. The van der Waals surface area contributed by atoms with Crippen molar-refractivity contribution in [2.75, 3.05) is 11.9 Å². The van der Waals surface area contributed by atoms with E-state index in [4.69, 9.17) is 4.74 Å². The third kappa shape index (κ3) is 6.39. The van der Waals surface area contributed by atoms with Crippen molar-refractivity contribution in [3.05, 3.63) is 54.1 Å². The zero-order chi connectivity index (χ0) is 19.9. The van der Waals surface area contributed by atoms with Gasteiger partial charge in [0.15, 0.2) is 6.61 Å². The smallest absolute Gasteiger partial charge is 0.272 e. The molecule has 0 aliphatic carbocycles. The number of carbonyl (C=O) groups is 2. The minimum atomic E-state index is -3.94. The molecule has 0 aromatic heterocycles. The standard InChI is InChI=1S/C18H21N3O5S/c1-3-14-4-8-16(9-5-14)26-12-18(23)20-21-27(24,25)17-10-6-15(7-11-17)19-13(2)22/h4-11,21H,3,12H2,1-2H3,(H,19,22)(H,20,23). The molecule has 0 saturated heterocycles. The summed E-state index contributed by atoms with van der Waals surface area (Å²) >= 11 is 0. The van der Waals surface area contributed by atoms with E-state index in [-0.39, 0.29) is 17.4 Å². The first kappa shape index (κ1) is 20.4. The first-order valence-corrected chi connectivity index (χ1v) is 9.68. The van der Waals surface area contributed by atoms with Gasteiger partial charge in [-0.15, -0.1) is 4.83 Å². The fourth-order valence-corrected chi connectivity index (χ4v) is 2.97. The zero-order valence-corrected chi connectivity index (χ0v) is 15.8. The Kier molecular flexibility index (Phi) is 6.91. The van der Waals surface area contributed by atoms with E-state index in [1.165, 1.54) is 31.2 Å². The minimum Gasteiger partial charge on any atom is -0.484 e. The lowest BCUT2D eigenvalue weighted by atomic mass is 10.2. The van der Waals surface area contributed by atoms with Crippen LogP contribution >= 0.6 is 0 Å². The highest BCUT2D eigenvalue weighted by atomic mass is 32.2. The van der Waals surface area contributed by atoms with E-state index in [2.05, 4.69) is 10.7 Å². The maximum absolute atomic E-state index is 12.2. The van der Waals surface area contributed by atoms with Crippen LogP contribution in [0.1, 0.15) is 19.4 Å². The summed E-state index contributed by atoms with van der Waals surface area (Å²) in [5.41, 5.74) is 3.70. The monoisotopic (exact) mass is 391 g/mol. The molecule has 0 radical (unpaired) electrons. The van der Waals surface area contributed by atoms with E-state index in [1.54, 1.807) is 12.1 Å². The third-order valence-electron chi connectivity index (χ3n) is 3.51. The van der Waals surface area contributed by atoms with Crippen LogP contribution in [-0.2, 0) is 26.0 Å². The lowest BCUT2D eigenvalue weighted by Crippen LogP contribution is -2.43. The van der Waals surface area contributed by atoms with Gasteiger partial charge < -0.3 is 10.1 Å². The molecule has 3 N–H and O–H groups in total. The molecule has 0 spiro atoms. The van der Waals surface area contributed by atoms with Crippen molar-refractivity contribution in [1.82, 2.24) is 10.3 Å². The van der Waals surface area contributed by atoms with Crippen LogP contribution in [0.15, 0.2) is 53.4 Å². The molecule has 0 fully saturated rings. The lowest BCUT2D eigenvalue weighted by molar-refractivity contribution is -0.123. The zero-order valence-electron chi connectivity index (χ0n) is 15.0. The summed E-state index contributed by atoms with van der Waals surface area (Å²) in [6.45, 7) is 3.04. The molecule has 8 nitrogen and oxygen atoms in total. The Balaban J connectivity index is 1.86. The number of sulfonamides is 1. The maximum Gasteiger partial charge on any atom is 0.272 e. The summed E-state index contributed by atoms with van der Waals surface area (Å²) in [6.07, 6.45) is 0.897. The molecule has 0 heterocycles.